The molecule has 0 aliphatic heterocycles. The van der Waals surface area contributed by atoms with Crippen molar-refractivity contribution in [1.82, 2.24) is 0 Å². The maximum atomic E-state index is 12.6. The number of hydrogen-bond donors (Lipinski definition) is 1. The molecule has 4 nitrogen and oxygen atoms in total. The molecule has 0 atom stereocenters. The number of benzene rings is 2. The summed E-state index contributed by atoms with van der Waals surface area (Å²) in [5.74, 6) is 0.504. The first-order valence-corrected chi connectivity index (χ1v) is 8.86. The van der Waals surface area contributed by atoms with E-state index in [4.69, 9.17) is 4.74 Å². The zero-order valence-corrected chi connectivity index (χ0v) is 13.3. The van der Waals surface area contributed by atoms with Crippen molar-refractivity contribution in [3.63, 3.8) is 0 Å². The van der Waals surface area contributed by atoms with E-state index in [1.54, 1.807) is 36.4 Å². The Morgan fingerprint density at radius 1 is 1.00 bits per heavy atom. The summed E-state index contributed by atoms with van der Waals surface area (Å²) in [7, 11) is -2.09. The fourth-order valence-corrected chi connectivity index (χ4v) is 3.93. The molecule has 0 unspecified atom stereocenters. The van der Waals surface area contributed by atoms with Crippen LogP contribution in [0.5, 0.6) is 5.75 Å². The Hall–Kier alpha value is -2.01. The van der Waals surface area contributed by atoms with Gasteiger partial charge in [-0.15, -0.1) is 0 Å². The van der Waals surface area contributed by atoms with Crippen molar-refractivity contribution in [1.29, 1.82) is 0 Å². The van der Waals surface area contributed by atoms with Gasteiger partial charge in [0.15, 0.2) is 0 Å². The highest BCUT2D eigenvalue weighted by molar-refractivity contribution is 7.92. The molecular formula is C17H19NO3S. The van der Waals surface area contributed by atoms with E-state index in [0.29, 0.717) is 16.3 Å². The molecular weight excluding hydrogens is 298 g/mol. The third-order valence-corrected chi connectivity index (χ3v) is 5.34. The van der Waals surface area contributed by atoms with Crippen molar-refractivity contribution < 1.29 is 13.2 Å². The van der Waals surface area contributed by atoms with Crippen molar-refractivity contribution >= 4 is 15.7 Å². The number of nitrogens with one attached hydrogen (secondary N) is 1. The van der Waals surface area contributed by atoms with Crippen LogP contribution in [0.4, 0.5) is 5.69 Å². The van der Waals surface area contributed by atoms with Crippen molar-refractivity contribution in [3.8, 4) is 5.75 Å². The molecule has 3 rings (SSSR count). The van der Waals surface area contributed by atoms with Gasteiger partial charge in [0, 0.05) is 0 Å². The van der Waals surface area contributed by atoms with Crippen LogP contribution < -0.4 is 9.46 Å². The van der Waals surface area contributed by atoms with Crippen molar-refractivity contribution in [2.45, 2.75) is 30.6 Å². The number of rotatable bonds is 4. The lowest BCUT2D eigenvalue weighted by molar-refractivity contribution is 0.417. The normalized spacial score (nSPS) is 14.2. The quantitative estimate of drug-likeness (QED) is 0.940. The topological polar surface area (TPSA) is 55.4 Å². The van der Waals surface area contributed by atoms with Crippen molar-refractivity contribution in [2.24, 2.45) is 0 Å². The summed E-state index contributed by atoms with van der Waals surface area (Å²) in [4.78, 5) is 0.305. The molecule has 0 saturated heterocycles. The second-order valence-electron chi connectivity index (χ2n) is 5.44. The Balaban J connectivity index is 1.93. The highest BCUT2D eigenvalue weighted by atomic mass is 32.2. The third-order valence-electron chi connectivity index (χ3n) is 3.98. The van der Waals surface area contributed by atoms with E-state index in [1.165, 1.54) is 19.1 Å². The number of fused-ring (bicyclic) bond motifs is 1. The fourth-order valence-electron chi connectivity index (χ4n) is 2.81. The number of methoxy groups -OCH3 is 1. The van der Waals surface area contributed by atoms with Gasteiger partial charge in [-0.25, -0.2) is 8.42 Å². The smallest absolute Gasteiger partial charge is 0.262 e. The molecule has 0 fully saturated rings. The van der Waals surface area contributed by atoms with E-state index in [9.17, 15) is 8.42 Å². The number of hydrogen-bond acceptors (Lipinski definition) is 3. The highest BCUT2D eigenvalue weighted by Crippen LogP contribution is 2.28. The molecule has 0 radical (unpaired) electrons. The molecule has 0 bridgehead atoms. The maximum absolute atomic E-state index is 12.6. The SMILES string of the molecule is COc1ccccc1NS(=O)(=O)c1ccc2c(c1)CCCC2. The zero-order chi connectivity index (χ0) is 15.6. The van der Waals surface area contributed by atoms with Crippen molar-refractivity contribution in [2.75, 3.05) is 11.8 Å². The first-order chi connectivity index (χ1) is 10.6. The summed E-state index contributed by atoms with van der Waals surface area (Å²) >= 11 is 0. The van der Waals surface area contributed by atoms with Crippen LogP contribution in [0.3, 0.4) is 0 Å². The van der Waals surface area contributed by atoms with Gasteiger partial charge in [-0.1, -0.05) is 18.2 Å². The minimum Gasteiger partial charge on any atom is -0.495 e. The molecule has 0 aromatic heterocycles. The molecule has 22 heavy (non-hydrogen) atoms. The standard InChI is InChI=1S/C17H19NO3S/c1-21-17-9-5-4-8-16(17)18-22(19,20)15-11-10-13-6-2-3-7-14(13)12-15/h4-5,8-12,18H,2-3,6-7H2,1H3. The second kappa shape index (κ2) is 6.01. The van der Waals surface area contributed by atoms with Gasteiger partial charge in [0.05, 0.1) is 17.7 Å². The Morgan fingerprint density at radius 3 is 2.50 bits per heavy atom. The number of para-hydroxylation sites is 2. The van der Waals surface area contributed by atoms with Crippen LogP contribution in [0.25, 0.3) is 0 Å². The van der Waals surface area contributed by atoms with Gasteiger partial charge in [0.2, 0.25) is 0 Å². The first-order valence-electron chi connectivity index (χ1n) is 7.38. The number of sulfonamides is 1. The second-order valence-corrected chi connectivity index (χ2v) is 7.13. The van der Waals surface area contributed by atoms with Crippen LogP contribution in [-0.2, 0) is 22.9 Å². The van der Waals surface area contributed by atoms with Crippen LogP contribution in [0.2, 0.25) is 0 Å². The molecule has 1 aliphatic rings. The van der Waals surface area contributed by atoms with E-state index in [-0.39, 0.29) is 0 Å². The highest BCUT2D eigenvalue weighted by Gasteiger charge is 2.19. The Kier molecular flexibility index (Phi) is 4.07. The molecule has 116 valence electrons. The Bertz CT molecular complexity index is 784. The van der Waals surface area contributed by atoms with Gasteiger partial charge in [-0.3, -0.25) is 4.72 Å². The van der Waals surface area contributed by atoms with Crippen LogP contribution in [0, 0.1) is 0 Å². The lowest BCUT2D eigenvalue weighted by atomic mass is 9.92. The van der Waals surface area contributed by atoms with Crippen LogP contribution in [-0.4, -0.2) is 15.5 Å². The van der Waals surface area contributed by atoms with Gasteiger partial charge in [-0.05, 0) is 61.1 Å². The molecule has 5 heteroatoms. The van der Waals surface area contributed by atoms with Crippen LogP contribution >= 0.6 is 0 Å². The van der Waals surface area contributed by atoms with Gasteiger partial charge in [-0.2, -0.15) is 0 Å². The minimum absolute atomic E-state index is 0.305. The molecule has 2 aromatic rings. The van der Waals surface area contributed by atoms with Gasteiger partial charge < -0.3 is 4.74 Å². The summed E-state index contributed by atoms with van der Waals surface area (Å²) in [5.41, 5.74) is 2.86. The largest absolute Gasteiger partial charge is 0.495 e. The number of aryl methyl sites for hydroxylation is 2. The fraction of sp³-hybridized carbons (Fsp3) is 0.294. The Morgan fingerprint density at radius 2 is 1.73 bits per heavy atom. The Labute approximate surface area is 131 Å². The lowest BCUT2D eigenvalue weighted by Crippen LogP contribution is -2.15. The molecule has 0 spiro atoms. The molecule has 0 amide bonds. The van der Waals surface area contributed by atoms with Gasteiger partial charge in [0.25, 0.3) is 10.0 Å². The lowest BCUT2D eigenvalue weighted by Gasteiger charge is -2.17. The van der Waals surface area contributed by atoms with Gasteiger partial charge >= 0.3 is 0 Å². The summed E-state index contributed by atoms with van der Waals surface area (Å²) in [6.07, 6.45) is 4.29. The number of anilines is 1. The molecule has 1 aliphatic carbocycles. The monoisotopic (exact) mass is 317 g/mol. The summed E-state index contributed by atoms with van der Waals surface area (Å²) in [5, 5.41) is 0. The molecule has 0 heterocycles. The van der Waals surface area contributed by atoms with Crippen LogP contribution in [0.15, 0.2) is 47.4 Å². The maximum Gasteiger partial charge on any atom is 0.262 e. The molecule has 2 aromatic carbocycles. The molecule has 0 saturated carbocycles. The summed E-state index contributed by atoms with van der Waals surface area (Å²) < 4.78 is 33.0. The average molecular weight is 317 g/mol. The number of ether oxygens (including phenoxy) is 1. The summed E-state index contributed by atoms with van der Waals surface area (Å²) in [6.45, 7) is 0. The average Bonchev–Trinajstić information content (AvgIpc) is 2.54. The predicted octanol–water partition coefficient (Wildman–Crippen LogP) is 3.37. The zero-order valence-electron chi connectivity index (χ0n) is 12.5. The third kappa shape index (κ3) is 2.95. The van der Waals surface area contributed by atoms with E-state index in [2.05, 4.69) is 4.72 Å². The summed E-state index contributed by atoms with van der Waals surface area (Å²) in [6, 6.07) is 12.4. The predicted molar refractivity (Wildman–Crippen MR) is 86.9 cm³/mol. The van der Waals surface area contributed by atoms with Crippen LogP contribution in [0.1, 0.15) is 24.0 Å². The van der Waals surface area contributed by atoms with E-state index >= 15 is 0 Å². The van der Waals surface area contributed by atoms with E-state index in [0.717, 1.165) is 24.8 Å². The first kappa shape index (κ1) is 14.9. The van der Waals surface area contributed by atoms with E-state index in [1.807, 2.05) is 6.07 Å². The molecule has 1 N–H and O–H groups in total. The van der Waals surface area contributed by atoms with Gasteiger partial charge in [0.1, 0.15) is 5.75 Å². The van der Waals surface area contributed by atoms with E-state index < -0.39 is 10.0 Å². The van der Waals surface area contributed by atoms with Crippen molar-refractivity contribution in [3.05, 3.63) is 53.6 Å². The minimum atomic E-state index is -3.61.